The minimum absolute atomic E-state index is 0.0853. The number of halogens is 8. The zero-order chi connectivity index (χ0) is 19.9. The predicted octanol–water partition coefficient (Wildman–Crippen LogP) is 5.83. The SMILES string of the molecule is O=S(=O)(Nc1cc(C(F)(F)F)cc(C(F)(F)F)c1)c1cc(Cl)cc(Cl)c1. The van der Waals surface area contributed by atoms with Crippen LogP contribution in [0.25, 0.3) is 0 Å². The molecule has 0 atom stereocenters. The minimum atomic E-state index is -5.11. The van der Waals surface area contributed by atoms with Gasteiger partial charge >= 0.3 is 12.4 Å². The van der Waals surface area contributed by atoms with Crippen LogP contribution in [0.1, 0.15) is 11.1 Å². The topological polar surface area (TPSA) is 46.2 Å². The average Bonchev–Trinajstić information content (AvgIpc) is 2.43. The first-order valence-corrected chi connectivity index (χ1v) is 8.71. The van der Waals surface area contributed by atoms with Crippen LogP contribution in [-0.4, -0.2) is 8.42 Å². The van der Waals surface area contributed by atoms with Crippen LogP contribution in [0.2, 0.25) is 10.0 Å². The monoisotopic (exact) mass is 437 g/mol. The summed E-state index contributed by atoms with van der Waals surface area (Å²) in [5.74, 6) is 0. The van der Waals surface area contributed by atoms with Crippen molar-refractivity contribution in [2.75, 3.05) is 4.72 Å². The highest BCUT2D eigenvalue weighted by Gasteiger charge is 2.37. The van der Waals surface area contributed by atoms with Crippen molar-refractivity contribution < 1.29 is 34.8 Å². The number of alkyl halides is 6. The molecule has 0 heterocycles. The summed E-state index contributed by atoms with van der Waals surface area (Å²) in [6.07, 6.45) is -10.2. The van der Waals surface area contributed by atoms with E-state index in [0.717, 1.165) is 12.1 Å². The Morgan fingerprint density at radius 1 is 0.731 bits per heavy atom. The van der Waals surface area contributed by atoms with Gasteiger partial charge in [0.1, 0.15) is 0 Å². The van der Waals surface area contributed by atoms with E-state index >= 15 is 0 Å². The zero-order valence-electron chi connectivity index (χ0n) is 12.2. The van der Waals surface area contributed by atoms with Crippen LogP contribution in [0.15, 0.2) is 41.3 Å². The van der Waals surface area contributed by atoms with Crippen LogP contribution in [0.5, 0.6) is 0 Å². The van der Waals surface area contributed by atoms with E-state index in [1.54, 1.807) is 4.72 Å². The van der Waals surface area contributed by atoms with Crippen molar-refractivity contribution in [1.82, 2.24) is 0 Å². The van der Waals surface area contributed by atoms with Crippen molar-refractivity contribution in [3.05, 3.63) is 57.6 Å². The van der Waals surface area contributed by atoms with Gasteiger partial charge in [-0.1, -0.05) is 23.2 Å². The van der Waals surface area contributed by atoms with Crippen molar-refractivity contribution in [2.24, 2.45) is 0 Å². The summed E-state index contributed by atoms with van der Waals surface area (Å²) < 4.78 is 103. The lowest BCUT2D eigenvalue weighted by molar-refractivity contribution is -0.143. The lowest BCUT2D eigenvalue weighted by atomic mass is 10.1. The molecule has 0 saturated carbocycles. The van der Waals surface area contributed by atoms with Crippen LogP contribution in [-0.2, 0) is 22.4 Å². The molecule has 0 saturated heterocycles. The molecule has 0 aliphatic rings. The first-order chi connectivity index (χ1) is 11.7. The van der Waals surface area contributed by atoms with E-state index in [1.165, 1.54) is 6.07 Å². The molecule has 0 fully saturated rings. The van der Waals surface area contributed by atoms with Gasteiger partial charge in [0, 0.05) is 10.0 Å². The third-order valence-electron chi connectivity index (χ3n) is 2.99. The molecule has 2 aromatic rings. The van der Waals surface area contributed by atoms with Crippen LogP contribution in [0.4, 0.5) is 32.0 Å². The van der Waals surface area contributed by atoms with Crippen molar-refractivity contribution in [2.45, 2.75) is 17.2 Å². The smallest absolute Gasteiger partial charge is 0.280 e. The molecule has 0 aliphatic carbocycles. The third-order valence-corrected chi connectivity index (χ3v) is 4.78. The molecule has 1 N–H and O–H groups in total. The molecule has 0 radical (unpaired) electrons. The molecule has 0 spiro atoms. The Morgan fingerprint density at radius 2 is 1.15 bits per heavy atom. The van der Waals surface area contributed by atoms with Gasteiger partial charge in [0.2, 0.25) is 0 Å². The van der Waals surface area contributed by atoms with Gasteiger partial charge in [-0.2, -0.15) is 26.3 Å². The highest BCUT2D eigenvalue weighted by molar-refractivity contribution is 7.92. The number of nitrogens with one attached hydrogen (secondary N) is 1. The van der Waals surface area contributed by atoms with Gasteiger partial charge in [0.05, 0.1) is 21.7 Å². The van der Waals surface area contributed by atoms with Crippen molar-refractivity contribution in [1.29, 1.82) is 0 Å². The molecule has 0 amide bonds. The van der Waals surface area contributed by atoms with E-state index in [4.69, 9.17) is 23.2 Å². The largest absolute Gasteiger partial charge is 0.416 e. The Labute approximate surface area is 153 Å². The second-order valence-electron chi connectivity index (χ2n) is 5.01. The maximum Gasteiger partial charge on any atom is 0.416 e. The van der Waals surface area contributed by atoms with Crippen molar-refractivity contribution >= 4 is 38.9 Å². The summed E-state index contributed by atoms with van der Waals surface area (Å²) in [6.45, 7) is 0. The Hall–Kier alpha value is -1.65. The summed E-state index contributed by atoms with van der Waals surface area (Å²) in [5, 5.41) is -0.171. The first-order valence-electron chi connectivity index (χ1n) is 6.47. The second-order valence-corrected chi connectivity index (χ2v) is 7.56. The molecule has 142 valence electrons. The van der Waals surface area contributed by atoms with E-state index < -0.39 is 44.1 Å². The molecule has 12 heteroatoms. The summed E-state index contributed by atoms with van der Waals surface area (Å²) in [4.78, 5) is -0.527. The van der Waals surface area contributed by atoms with Crippen molar-refractivity contribution in [3.8, 4) is 0 Å². The number of hydrogen-bond acceptors (Lipinski definition) is 2. The van der Waals surface area contributed by atoms with Gasteiger partial charge in [-0.05, 0) is 36.4 Å². The standard InChI is InChI=1S/C14H7Cl2F6NO2S/c15-9-4-10(16)6-12(5-9)26(24,25)23-11-2-7(13(17,18)19)1-8(3-11)14(20,21)22/h1-6,23H. The Balaban J connectivity index is 2.54. The number of rotatable bonds is 3. The highest BCUT2D eigenvalue weighted by Crippen LogP contribution is 2.38. The van der Waals surface area contributed by atoms with E-state index in [0.29, 0.717) is 0 Å². The zero-order valence-corrected chi connectivity index (χ0v) is 14.5. The van der Waals surface area contributed by atoms with Gasteiger partial charge in [0.25, 0.3) is 10.0 Å². The van der Waals surface area contributed by atoms with Crippen LogP contribution < -0.4 is 4.72 Å². The lowest BCUT2D eigenvalue weighted by Crippen LogP contribution is -2.16. The van der Waals surface area contributed by atoms with E-state index in [9.17, 15) is 34.8 Å². The molecular formula is C14H7Cl2F6NO2S. The molecule has 0 unspecified atom stereocenters. The number of sulfonamides is 1. The average molecular weight is 438 g/mol. The second kappa shape index (κ2) is 6.82. The molecule has 2 aromatic carbocycles. The summed E-state index contributed by atoms with van der Waals surface area (Å²) in [7, 11) is -4.54. The molecule has 26 heavy (non-hydrogen) atoms. The number of anilines is 1. The van der Waals surface area contributed by atoms with Crippen LogP contribution >= 0.6 is 23.2 Å². The maximum atomic E-state index is 12.8. The van der Waals surface area contributed by atoms with Crippen LogP contribution in [0.3, 0.4) is 0 Å². The van der Waals surface area contributed by atoms with Gasteiger partial charge in [0.15, 0.2) is 0 Å². The molecule has 2 rings (SSSR count). The van der Waals surface area contributed by atoms with Gasteiger partial charge in [-0.25, -0.2) is 8.42 Å². The first kappa shape index (κ1) is 20.7. The normalized spacial score (nSPS) is 12.9. The fourth-order valence-electron chi connectivity index (χ4n) is 1.91. The molecular weight excluding hydrogens is 431 g/mol. The molecule has 3 nitrogen and oxygen atoms in total. The van der Waals surface area contributed by atoms with Gasteiger partial charge < -0.3 is 0 Å². The molecule has 0 bridgehead atoms. The Morgan fingerprint density at radius 3 is 1.54 bits per heavy atom. The molecule has 0 aromatic heterocycles. The third kappa shape index (κ3) is 4.95. The minimum Gasteiger partial charge on any atom is -0.280 e. The summed E-state index contributed by atoms with van der Waals surface area (Å²) >= 11 is 11.3. The van der Waals surface area contributed by atoms with E-state index in [1.807, 2.05) is 0 Å². The lowest BCUT2D eigenvalue weighted by Gasteiger charge is -2.15. The Bertz CT molecular complexity index is 889. The summed E-state index contributed by atoms with van der Waals surface area (Å²) in [5.41, 5.74) is -4.23. The van der Waals surface area contributed by atoms with Crippen LogP contribution in [0, 0.1) is 0 Å². The van der Waals surface area contributed by atoms with E-state index in [2.05, 4.69) is 0 Å². The fourth-order valence-corrected chi connectivity index (χ4v) is 3.68. The van der Waals surface area contributed by atoms with Crippen molar-refractivity contribution in [3.63, 3.8) is 0 Å². The fraction of sp³-hybridized carbons (Fsp3) is 0.143. The van der Waals surface area contributed by atoms with Gasteiger partial charge in [-0.15, -0.1) is 0 Å². The summed E-state index contributed by atoms with van der Waals surface area (Å²) in [6, 6.07) is 3.46. The number of benzene rings is 2. The molecule has 0 aliphatic heterocycles. The maximum absolute atomic E-state index is 12.8. The number of hydrogen-bond donors (Lipinski definition) is 1. The Kier molecular flexibility index (Phi) is 5.42. The van der Waals surface area contributed by atoms with Gasteiger partial charge in [-0.3, -0.25) is 4.72 Å². The predicted molar refractivity (Wildman–Crippen MR) is 83.7 cm³/mol. The highest BCUT2D eigenvalue weighted by atomic mass is 35.5. The van der Waals surface area contributed by atoms with E-state index in [-0.39, 0.29) is 28.2 Å². The quantitative estimate of drug-likeness (QED) is 0.613.